The van der Waals surface area contributed by atoms with Crippen LogP contribution in [0.3, 0.4) is 0 Å². The van der Waals surface area contributed by atoms with E-state index in [1.54, 1.807) is 11.3 Å². The van der Waals surface area contributed by atoms with Crippen LogP contribution in [-0.2, 0) is 13.0 Å². The number of aliphatic imine (C=N–C) groups is 1. The Labute approximate surface area is 143 Å². The Kier molecular flexibility index (Phi) is 6.59. The molecule has 1 aromatic carbocycles. The second kappa shape index (κ2) is 8.67. The molecule has 2 rings (SSSR count). The van der Waals surface area contributed by atoms with Crippen LogP contribution < -0.4 is 10.6 Å². The summed E-state index contributed by atoms with van der Waals surface area (Å²) in [6.07, 6.45) is 0.983. The van der Waals surface area contributed by atoms with Gasteiger partial charge in [-0.05, 0) is 38.3 Å². The second-order valence-electron chi connectivity index (χ2n) is 5.50. The van der Waals surface area contributed by atoms with Crippen LogP contribution in [0.1, 0.15) is 48.6 Å². The number of benzene rings is 1. The molecule has 0 saturated heterocycles. The van der Waals surface area contributed by atoms with Crippen molar-refractivity contribution in [3.05, 3.63) is 51.5 Å². The minimum atomic E-state index is 0.204. The fourth-order valence-electron chi connectivity index (χ4n) is 2.42. The van der Waals surface area contributed by atoms with Gasteiger partial charge >= 0.3 is 0 Å². The molecule has 0 saturated carbocycles. The number of nitrogens with zero attached hydrogens (tertiary/aromatic N) is 2. The number of hydrogen-bond acceptors (Lipinski definition) is 3. The fraction of sp³-hybridized carbons (Fsp3) is 0.444. The minimum absolute atomic E-state index is 0.204. The van der Waals surface area contributed by atoms with Gasteiger partial charge in [0, 0.05) is 11.9 Å². The molecule has 0 aliphatic carbocycles. The summed E-state index contributed by atoms with van der Waals surface area (Å²) < 4.78 is 0. The average molecular weight is 331 g/mol. The molecule has 0 aliphatic heterocycles. The van der Waals surface area contributed by atoms with Crippen molar-refractivity contribution < 1.29 is 0 Å². The first kappa shape index (κ1) is 17.5. The average Bonchev–Trinajstić information content (AvgIpc) is 3.01. The molecule has 5 heteroatoms. The van der Waals surface area contributed by atoms with Crippen molar-refractivity contribution in [1.82, 2.24) is 15.6 Å². The van der Waals surface area contributed by atoms with Crippen molar-refractivity contribution in [2.45, 2.75) is 46.7 Å². The first-order chi connectivity index (χ1) is 11.1. The molecule has 2 aromatic rings. The molecule has 0 aliphatic rings. The highest BCUT2D eigenvalue weighted by atomic mass is 32.1. The topological polar surface area (TPSA) is 49.3 Å². The molecule has 124 valence electrons. The van der Waals surface area contributed by atoms with Crippen LogP contribution in [0, 0.1) is 6.92 Å². The summed E-state index contributed by atoms with van der Waals surface area (Å²) in [5, 5.41) is 10.1. The van der Waals surface area contributed by atoms with Crippen molar-refractivity contribution in [3.63, 3.8) is 0 Å². The monoisotopic (exact) mass is 330 g/mol. The number of thiazole rings is 1. The lowest BCUT2D eigenvalue weighted by molar-refractivity contribution is 0.682. The van der Waals surface area contributed by atoms with Gasteiger partial charge < -0.3 is 10.6 Å². The molecule has 0 bridgehead atoms. The third kappa shape index (κ3) is 5.06. The van der Waals surface area contributed by atoms with Gasteiger partial charge in [-0.15, -0.1) is 11.3 Å². The van der Waals surface area contributed by atoms with Crippen LogP contribution in [0.4, 0.5) is 0 Å². The zero-order chi connectivity index (χ0) is 16.7. The lowest BCUT2D eigenvalue weighted by atomic mass is 10.0. The van der Waals surface area contributed by atoms with E-state index in [2.05, 4.69) is 78.0 Å². The maximum absolute atomic E-state index is 4.67. The summed E-state index contributed by atoms with van der Waals surface area (Å²) in [4.78, 5) is 9.23. The number of guanidine groups is 1. The minimum Gasteiger partial charge on any atom is -0.357 e. The summed E-state index contributed by atoms with van der Waals surface area (Å²) in [6.45, 7) is 9.94. The van der Waals surface area contributed by atoms with E-state index in [0.717, 1.165) is 24.6 Å². The molecule has 1 heterocycles. The fourth-order valence-corrected chi connectivity index (χ4v) is 3.16. The first-order valence-electron chi connectivity index (χ1n) is 8.17. The standard InChI is InChI=1S/C18H26N4S/c1-5-17-22-15(12-23-17)11-20-18(19-6-2)21-14(4)16-10-8-7-9-13(16)3/h7-10,12,14H,5-6,11H2,1-4H3,(H2,19,20,21). The molecule has 1 aromatic heterocycles. The van der Waals surface area contributed by atoms with Gasteiger partial charge in [0.2, 0.25) is 0 Å². The molecule has 23 heavy (non-hydrogen) atoms. The molecular weight excluding hydrogens is 304 g/mol. The largest absolute Gasteiger partial charge is 0.357 e. The molecular formula is C18H26N4S. The van der Waals surface area contributed by atoms with Gasteiger partial charge in [-0.25, -0.2) is 9.98 Å². The molecule has 1 unspecified atom stereocenters. The number of nitrogens with one attached hydrogen (secondary N) is 2. The maximum atomic E-state index is 4.67. The highest BCUT2D eigenvalue weighted by Crippen LogP contribution is 2.16. The van der Waals surface area contributed by atoms with E-state index in [4.69, 9.17) is 0 Å². The number of hydrogen-bond donors (Lipinski definition) is 2. The Morgan fingerprint density at radius 1 is 1.30 bits per heavy atom. The zero-order valence-electron chi connectivity index (χ0n) is 14.4. The second-order valence-corrected chi connectivity index (χ2v) is 6.45. The summed E-state index contributed by atoms with van der Waals surface area (Å²) in [5.41, 5.74) is 3.61. The van der Waals surface area contributed by atoms with Crippen LogP contribution in [0.5, 0.6) is 0 Å². The lowest BCUT2D eigenvalue weighted by Gasteiger charge is -2.19. The Bertz CT molecular complexity index is 648. The predicted molar refractivity (Wildman–Crippen MR) is 99.0 cm³/mol. The molecule has 1 atom stereocenters. The van der Waals surface area contributed by atoms with Gasteiger partial charge in [-0.2, -0.15) is 0 Å². The van der Waals surface area contributed by atoms with Gasteiger partial charge in [0.15, 0.2) is 5.96 Å². The normalized spacial score (nSPS) is 13.0. The van der Waals surface area contributed by atoms with Gasteiger partial charge in [0.25, 0.3) is 0 Å². The van der Waals surface area contributed by atoms with Crippen molar-refractivity contribution in [2.75, 3.05) is 6.54 Å². The lowest BCUT2D eigenvalue weighted by Crippen LogP contribution is -2.38. The summed E-state index contributed by atoms with van der Waals surface area (Å²) >= 11 is 1.71. The van der Waals surface area contributed by atoms with Crippen molar-refractivity contribution in [3.8, 4) is 0 Å². The van der Waals surface area contributed by atoms with Crippen molar-refractivity contribution >= 4 is 17.3 Å². The van der Waals surface area contributed by atoms with E-state index >= 15 is 0 Å². The Morgan fingerprint density at radius 2 is 2.09 bits per heavy atom. The van der Waals surface area contributed by atoms with Crippen molar-refractivity contribution in [2.24, 2.45) is 4.99 Å². The van der Waals surface area contributed by atoms with Crippen LogP contribution in [0.25, 0.3) is 0 Å². The molecule has 0 radical (unpaired) electrons. The Balaban J connectivity index is 2.05. The number of rotatable bonds is 6. The van der Waals surface area contributed by atoms with Gasteiger partial charge in [0.1, 0.15) is 0 Å². The molecule has 0 fully saturated rings. The zero-order valence-corrected chi connectivity index (χ0v) is 15.2. The Morgan fingerprint density at radius 3 is 2.74 bits per heavy atom. The van der Waals surface area contributed by atoms with E-state index in [1.807, 2.05) is 0 Å². The van der Waals surface area contributed by atoms with Crippen LogP contribution >= 0.6 is 11.3 Å². The van der Waals surface area contributed by atoms with E-state index < -0.39 is 0 Å². The highest BCUT2D eigenvalue weighted by Gasteiger charge is 2.10. The smallest absolute Gasteiger partial charge is 0.192 e. The quantitative estimate of drug-likeness (QED) is 0.625. The SMILES string of the molecule is CCNC(=NCc1csc(CC)n1)NC(C)c1ccccc1C. The van der Waals surface area contributed by atoms with E-state index in [-0.39, 0.29) is 6.04 Å². The predicted octanol–water partition coefficient (Wildman–Crippen LogP) is 3.83. The van der Waals surface area contributed by atoms with E-state index in [9.17, 15) is 0 Å². The summed E-state index contributed by atoms with van der Waals surface area (Å²) in [7, 11) is 0. The first-order valence-corrected chi connectivity index (χ1v) is 9.05. The van der Waals surface area contributed by atoms with Gasteiger partial charge in [-0.1, -0.05) is 31.2 Å². The van der Waals surface area contributed by atoms with Crippen LogP contribution in [-0.4, -0.2) is 17.5 Å². The maximum Gasteiger partial charge on any atom is 0.192 e. The van der Waals surface area contributed by atoms with Crippen LogP contribution in [0.2, 0.25) is 0 Å². The summed E-state index contributed by atoms with van der Waals surface area (Å²) in [5.74, 6) is 0.828. The Hall–Kier alpha value is -1.88. The molecule has 2 N–H and O–H groups in total. The van der Waals surface area contributed by atoms with Gasteiger partial charge in [-0.3, -0.25) is 0 Å². The third-order valence-corrected chi connectivity index (χ3v) is 4.70. The molecule has 4 nitrogen and oxygen atoms in total. The third-order valence-electron chi connectivity index (χ3n) is 3.65. The van der Waals surface area contributed by atoms with E-state index in [0.29, 0.717) is 6.54 Å². The molecule has 0 amide bonds. The van der Waals surface area contributed by atoms with Crippen LogP contribution in [0.15, 0.2) is 34.6 Å². The number of aryl methyl sites for hydroxylation is 2. The van der Waals surface area contributed by atoms with Gasteiger partial charge in [0.05, 0.1) is 23.3 Å². The van der Waals surface area contributed by atoms with E-state index in [1.165, 1.54) is 16.1 Å². The highest BCUT2D eigenvalue weighted by molar-refractivity contribution is 7.09. The van der Waals surface area contributed by atoms with Crippen molar-refractivity contribution in [1.29, 1.82) is 0 Å². The molecule has 0 spiro atoms. The number of aromatic nitrogens is 1. The summed E-state index contributed by atoms with van der Waals surface area (Å²) in [6, 6.07) is 8.64.